The summed E-state index contributed by atoms with van der Waals surface area (Å²) in [6.07, 6.45) is 7.11. The molecule has 1 amide bonds. The maximum absolute atomic E-state index is 13.8. The second-order valence-corrected chi connectivity index (χ2v) is 8.46. The van der Waals surface area contributed by atoms with Crippen LogP contribution < -0.4 is 10.2 Å². The molecule has 1 saturated heterocycles. The number of piperidine rings is 1. The lowest BCUT2D eigenvalue weighted by atomic mass is 10.00. The van der Waals surface area contributed by atoms with Crippen molar-refractivity contribution in [3.05, 3.63) is 72.1 Å². The number of halogens is 1. The number of benzene rings is 1. The Morgan fingerprint density at radius 3 is 2.56 bits per heavy atom. The van der Waals surface area contributed by atoms with E-state index < -0.39 is 0 Å². The molecular weight excluding hydrogens is 405 g/mol. The Labute approximate surface area is 187 Å². The number of amides is 1. The molecule has 0 bridgehead atoms. The van der Waals surface area contributed by atoms with Gasteiger partial charge in [0.15, 0.2) is 0 Å². The molecule has 1 aliphatic rings. The average molecular weight is 434 g/mol. The molecule has 0 aliphatic carbocycles. The lowest BCUT2D eigenvalue weighted by molar-refractivity contribution is -0.121. The smallest absolute Gasteiger partial charge is 0.225 e. The molecule has 1 aromatic carbocycles. The molecule has 0 radical (unpaired) electrons. The van der Waals surface area contributed by atoms with Gasteiger partial charge >= 0.3 is 0 Å². The highest BCUT2D eigenvalue weighted by atomic mass is 19.1. The minimum atomic E-state index is -0.342. The average Bonchev–Trinajstić information content (AvgIpc) is 2.81. The number of nitrogens with one attached hydrogen (secondary N) is 1. The third kappa shape index (κ3) is 5.10. The zero-order valence-electron chi connectivity index (χ0n) is 18.5. The van der Waals surface area contributed by atoms with Crippen LogP contribution in [0.15, 0.2) is 55.0 Å². The number of carbonyl (C=O) groups is 1. The highest BCUT2D eigenvalue weighted by Crippen LogP contribution is 2.29. The quantitative estimate of drug-likeness (QED) is 0.633. The zero-order chi connectivity index (χ0) is 22.5. The van der Waals surface area contributed by atoms with Crippen molar-refractivity contribution >= 4 is 11.9 Å². The molecule has 7 heteroatoms. The first-order valence-corrected chi connectivity index (χ1v) is 11.1. The van der Waals surface area contributed by atoms with Gasteiger partial charge in [-0.1, -0.05) is 32.0 Å². The van der Waals surface area contributed by atoms with Crippen LogP contribution in [0.4, 0.5) is 10.3 Å². The number of pyridine rings is 1. The number of aromatic nitrogens is 3. The normalized spacial score (nSPS) is 14.6. The molecular formula is C25H28FN5O. The summed E-state index contributed by atoms with van der Waals surface area (Å²) in [6, 6.07) is 10.4. The van der Waals surface area contributed by atoms with Crippen molar-refractivity contribution in [3.8, 4) is 11.1 Å². The SMILES string of the molecule is CC(C)c1nc(N2CCC(NC(=O)Cc3ccccc3F)CC2)ncc1-c1ccncc1. The highest BCUT2D eigenvalue weighted by Gasteiger charge is 2.24. The zero-order valence-corrected chi connectivity index (χ0v) is 18.5. The summed E-state index contributed by atoms with van der Waals surface area (Å²) in [4.78, 5) is 28.1. The third-order valence-electron chi connectivity index (χ3n) is 5.80. The summed E-state index contributed by atoms with van der Waals surface area (Å²) in [5.74, 6) is 0.497. The van der Waals surface area contributed by atoms with E-state index >= 15 is 0 Å². The van der Waals surface area contributed by atoms with Crippen molar-refractivity contribution in [2.75, 3.05) is 18.0 Å². The van der Waals surface area contributed by atoms with Gasteiger partial charge in [-0.15, -0.1) is 0 Å². The number of carbonyl (C=O) groups excluding carboxylic acids is 1. The van der Waals surface area contributed by atoms with Crippen LogP contribution in [0.25, 0.3) is 11.1 Å². The van der Waals surface area contributed by atoms with Gasteiger partial charge in [-0.3, -0.25) is 9.78 Å². The Hall–Kier alpha value is -3.35. The van der Waals surface area contributed by atoms with E-state index in [0.717, 1.165) is 48.7 Å². The second-order valence-electron chi connectivity index (χ2n) is 8.46. The predicted molar refractivity (Wildman–Crippen MR) is 123 cm³/mol. The molecule has 1 fully saturated rings. The molecule has 3 aromatic rings. The monoisotopic (exact) mass is 433 g/mol. The van der Waals surface area contributed by atoms with Crippen molar-refractivity contribution < 1.29 is 9.18 Å². The molecule has 3 heterocycles. The summed E-state index contributed by atoms with van der Waals surface area (Å²) in [7, 11) is 0. The fourth-order valence-corrected chi connectivity index (χ4v) is 4.05. The van der Waals surface area contributed by atoms with Gasteiger partial charge in [0, 0.05) is 43.3 Å². The van der Waals surface area contributed by atoms with Gasteiger partial charge in [0.25, 0.3) is 0 Å². The highest BCUT2D eigenvalue weighted by molar-refractivity contribution is 5.79. The van der Waals surface area contributed by atoms with Gasteiger partial charge in [-0.2, -0.15) is 0 Å². The Morgan fingerprint density at radius 2 is 1.88 bits per heavy atom. The molecule has 6 nitrogen and oxygen atoms in total. The first-order valence-electron chi connectivity index (χ1n) is 11.1. The van der Waals surface area contributed by atoms with Crippen LogP contribution in [0.5, 0.6) is 0 Å². The summed E-state index contributed by atoms with van der Waals surface area (Å²) in [6.45, 7) is 5.79. The fraction of sp³-hybridized carbons (Fsp3) is 0.360. The molecule has 0 atom stereocenters. The minimum absolute atomic E-state index is 0.0597. The van der Waals surface area contributed by atoms with Gasteiger partial charge in [-0.05, 0) is 48.1 Å². The van der Waals surface area contributed by atoms with Gasteiger partial charge in [0.2, 0.25) is 11.9 Å². The summed E-state index contributed by atoms with van der Waals surface area (Å²) in [5.41, 5.74) is 3.53. The van der Waals surface area contributed by atoms with Gasteiger partial charge < -0.3 is 10.2 Å². The first-order chi connectivity index (χ1) is 15.5. The van der Waals surface area contributed by atoms with E-state index in [-0.39, 0.29) is 30.1 Å². The maximum atomic E-state index is 13.8. The van der Waals surface area contributed by atoms with E-state index in [9.17, 15) is 9.18 Å². The lowest BCUT2D eigenvalue weighted by Gasteiger charge is -2.33. The topological polar surface area (TPSA) is 71.0 Å². The van der Waals surface area contributed by atoms with Crippen LogP contribution in [-0.2, 0) is 11.2 Å². The van der Waals surface area contributed by atoms with Crippen LogP contribution >= 0.6 is 0 Å². The largest absolute Gasteiger partial charge is 0.353 e. The van der Waals surface area contributed by atoms with E-state index in [4.69, 9.17) is 4.98 Å². The van der Waals surface area contributed by atoms with Crippen LogP contribution in [0.1, 0.15) is 43.9 Å². The van der Waals surface area contributed by atoms with Crippen LogP contribution in [0.2, 0.25) is 0 Å². The standard InChI is InChI=1S/C25H28FN5O/c1-17(2)24-21(18-7-11-27-12-8-18)16-28-25(30-24)31-13-9-20(10-14-31)29-23(32)15-19-5-3-4-6-22(19)26/h3-8,11-12,16-17,20H,9-10,13-15H2,1-2H3,(H,29,32). The fourth-order valence-electron chi connectivity index (χ4n) is 4.05. The van der Waals surface area contributed by atoms with Crippen LogP contribution in [0, 0.1) is 5.82 Å². The molecule has 0 spiro atoms. The molecule has 0 saturated carbocycles. The number of anilines is 1. The van der Waals surface area contributed by atoms with Gasteiger partial charge in [-0.25, -0.2) is 14.4 Å². The minimum Gasteiger partial charge on any atom is -0.353 e. The number of nitrogens with zero attached hydrogens (tertiary/aromatic N) is 4. The van der Waals surface area contributed by atoms with Gasteiger partial charge in [0.05, 0.1) is 12.1 Å². The van der Waals surface area contributed by atoms with Crippen molar-refractivity contribution in [2.24, 2.45) is 0 Å². The molecule has 1 aliphatic heterocycles. The maximum Gasteiger partial charge on any atom is 0.225 e. The summed E-state index contributed by atoms with van der Waals surface area (Å²) < 4.78 is 13.8. The number of hydrogen-bond acceptors (Lipinski definition) is 5. The Morgan fingerprint density at radius 1 is 1.16 bits per heavy atom. The molecule has 4 rings (SSSR count). The van der Waals surface area contributed by atoms with E-state index in [0.29, 0.717) is 5.56 Å². The Balaban J connectivity index is 1.38. The molecule has 32 heavy (non-hydrogen) atoms. The molecule has 1 N–H and O–H groups in total. The lowest BCUT2D eigenvalue weighted by Crippen LogP contribution is -2.45. The van der Waals surface area contributed by atoms with Crippen molar-refractivity contribution in [3.63, 3.8) is 0 Å². The van der Waals surface area contributed by atoms with Crippen LogP contribution in [-0.4, -0.2) is 40.0 Å². The Bertz CT molecular complexity index is 1060. The second kappa shape index (κ2) is 9.85. The number of hydrogen-bond donors (Lipinski definition) is 1. The van der Waals surface area contributed by atoms with E-state index in [2.05, 4.69) is 34.0 Å². The van der Waals surface area contributed by atoms with E-state index in [1.807, 2.05) is 18.3 Å². The van der Waals surface area contributed by atoms with Gasteiger partial charge in [0.1, 0.15) is 5.82 Å². The first kappa shape index (κ1) is 21.9. The molecule has 166 valence electrons. The summed E-state index contributed by atoms with van der Waals surface area (Å²) >= 11 is 0. The number of rotatable bonds is 6. The van der Waals surface area contributed by atoms with E-state index in [1.165, 1.54) is 6.07 Å². The van der Waals surface area contributed by atoms with Crippen molar-refractivity contribution in [1.29, 1.82) is 0 Å². The molecule has 2 aromatic heterocycles. The third-order valence-corrected chi connectivity index (χ3v) is 5.80. The van der Waals surface area contributed by atoms with Crippen LogP contribution in [0.3, 0.4) is 0 Å². The molecule has 0 unspecified atom stereocenters. The predicted octanol–water partition coefficient (Wildman–Crippen LogP) is 4.13. The summed E-state index contributed by atoms with van der Waals surface area (Å²) in [5, 5.41) is 3.05. The Kier molecular flexibility index (Phi) is 6.73. The van der Waals surface area contributed by atoms with Crippen molar-refractivity contribution in [2.45, 2.75) is 45.1 Å². The van der Waals surface area contributed by atoms with Crippen molar-refractivity contribution in [1.82, 2.24) is 20.3 Å². The van der Waals surface area contributed by atoms with E-state index in [1.54, 1.807) is 30.6 Å².